The molecule has 0 saturated heterocycles. The lowest BCUT2D eigenvalue weighted by atomic mass is 10.3. The van der Waals surface area contributed by atoms with Gasteiger partial charge in [-0.05, 0) is 20.3 Å². The lowest BCUT2D eigenvalue weighted by molar-refractivity contribution is 0.288. The smallest absolute Gasteiger partial charge is 0.183 e. The fourth-order valence-corrected chi connectivity index (χ4v) is 2.68. The van der Waals surface area contributed by atoms with Crippen molar-refractivity contribution in [1.29, 1.82) is 0 Å². The molecule has 1 N–H and O–H groups in total. The van der Waals surface area contributed by atoms with Crippen LogP contribution in [0.3, 0.4) is 0 Å². The Kier molecular flexibility index (Phi) is 4.85. The highest BCUT2D eigenvalue weighted by Gasteiger charge is 2.11. The number of hydrogen-bond acceptors (Lipinski definition) is 5. The molecule has 1 heterocycles. The Hall–Kier alpha value is -1.49. The Morgan fingerprint density at radius 3 is 2.42 bits per heavy atom. The third-order valence-corrected chi connectivity index (χ3v) is 3.56. The quantitative estimate of drug-likeness (QED) is 0.835. The fourth-order valence-electron chi connectivity index (χ4n) is 1.78. The number of hydrogen-bond donors (Lipinski definition) is 1. The van der Waals surface area contributed by atoms with E-state index >= 15 is 0 Å². The summed E-state index contributed by atoms with van der Waals surface area (Å²) in [5, 5.41) is 4.26. The van der Waals surface area contributed by atoms with Crippen molar-refractivity contribution >= 4 is 26.7 Å². The molecular weight excluding hydrogens is 260 g/mol. The van der Waals surface area contributed by atoms with Gasteiger partial charge in [0.25, 0.3) is 0 Å². The van der Waals surface area contributed by atoms with Gasteiger partial charge in [-0.3, -0.25) is 0 Å². The second-order valence-electron chi connectivity index (χ2n) is 4.08. The highest BCUT2D eigenvalue weighted by atomic mass is 32.1. The van der Waals surface area contributed by atoms with Crippen molar-refractivity contribution in [1.82, 2.24) is 4.98 Å². The molecule has 0 aliphatic carbocycles. The molecule has 104 valence electrons. The number of nitrogens with one attached hydrogen (secondary N) is 1. The molecular formula is C14H20N2O2S. The first-order valence-electron chi connectivity index (χ1n) is 6.72. The zero-order valence-electron chi connectivity index (χ0n) is 11.7. The first-order chi connectivity index (χ1) is 9.28. The molecule has 1 aromatic carbocycles. The van der Waals surface area contributed by atoms with Crippen molar-refractivity contribution in [2.24, 2.45) is 0 Å². The average Bonchev–Trinajstić information content (AvgIpc) is 2.79. The summed E-state index contributed by atoms with van der Waals surface area (Å²) < 4.78 is 12.3. The van der Waals surface area contributed by atoms with E-state index in [4.69, 9.17) is 9.47 Å². The third kappa shape index (κ3) is 3.29. The number of anilines is 1. The Bertz CT molecular complexity index is 496. The van der Waals surface area contributed by atoms with Crippen LogP contribution in [-0.4, -0.2) is 24.7 Å². The molecule has 0 unspecified atom stereocenters. The van der Waals surface area contributed by atoms with Gasteiger partial charge in [-0.25, -0.2) is 4.98 Å². The van der Waals surface area contributed by atoms with Gasteiger partial charge in [-0.2, -0.15) is 0 Å². The van der Waals surface area contributed by atoms with E-state index in [0.29, 0.717) is 13.2 Å². The lowest BCUT2D eigenvalue weighted by Gasteiger charge is -2.10. The molecule has 0 fully saturated rings. The summed E-state index contributed by atoms with van der Waals surface area (Å²) in [4.78, 5) is 4.57. The monoisotopic (exact) mass is 280 g/mol. The molecule has 19 heavy (non-hydrogen) atoms. The largest absolute Gasteiger partial charge is 0.490 e. The van der Waals surface area contributed by atoms with Crippen LogP contribution in [-0.2, 0) is 0 Å². The van der Waals surface area contributed by atoms with E-state index < -0.39 is 0 Å². The molecule has 0 atom stereocenters. The second-order valence-corrected chi connectivity index (χ2v) is 5.11. The molecule has 0 aliphatic rings. The predicted octanol–water partition coefficient (Wildman–Crippen LogP) is 3.92. The minimum Gasteiger partial charge on any atom is -0.490 e. The second kappa shape index (κ2) is 6.61. The summed E-state index contributed by atoms with van der Waals surface area (Å²) in [6.45, 7) is 8.27. The molecule has 0 spiro atoms. The summed E-state index contributed by atoms with van der Waals surface area (Å²) >= 11 is 1.65. The summed E-state index contributed by atoms with van der Waals surface area (Å²) in [6, 6.07) is 3.97. The molecule has 0 aliphatic heterocycles. The first kappa shape index (κ1) is 13.9. The van der Waals surface area contributed by atoms with Crippen molar-refractivity contribution in [3.8, 4) is 11.5 Å². The molecule has 5 heteroatoms. The maximum atomic E-state index is 5.62. The summed E-state index contributed by atoms with van der Waals surface area (Å²) in [5.41, 5.74) is 0.954. The van der Waals surface area contributed by atoms with Crippen LogP contribution in [0.15, 0.2) is 12.1 Å². The number of benzene rings is 1. The van der Waals surface area contributed by atoms with Crippen LogP contribution in [0, 0.1) is 0 Å². The Morgan fingerprint density at radius 1 is 1.11 bits per heavy atom. The Morgan fingerprint density at radius 2 is 1.79 bits per heavy atom. The third-order valence-electron chi connectivity index (χ3n) is 2.58. The van der Waals surface area contributed by atoms with Crippen LogP contribution in [0.5, 0.6) is 11.5 Å². The van der Waals surface area contributed by atoms with Crippen molar-refractivity contribution in [2.75, 3.05) is 25.1 Å². The topological polar surface area (TPSA) is 43.4 Å². The number of aromatic nitrogens is 1. The summed E-state index contributed by atoms with van der Waals surface area (Å²) in [6.07, 6.45) is 1.09. The molecule has 4 nitrogen and oxygen atoms in total. The van der Waals surface area contributed by atoms with Crippen LogP contribution in [0.2, 0.25) is 0 Å². The van der Waals surface area contributed by atoms with Gasteiger partial charge < -0.3 is 14.8 Å². The molecule has 0 bridgehead atoms. The minimum atomic E-state index is 0.622. The van der Waals surface area contributed by atoms with Gasteiger partial charge in [0, 0.05) is 18.7 Å². The SMILES string of the molecule is CCCNc1nc2cc(OCC)c(OCC)cc2s1. The highest BCUT2D eigenvalue weighted by molar-refractivity contribution is 7.22. The van der Waals surface area contributed by atoms with Crippen molar-refractivity contribution < 1.29 is 9.47 Å². The Balaban J connectivity index is 2.35. The van der Waals surface area contributed by atoms with Gasteiger partial charge >= 0.3 is 0 Å². The van der Waals surface area contributed by atoms with Gasteiger partial charge in [0.05, 0.1) is 23.4 Å². The fraction of sp³-hybridized carbons (Fsp3) is 0.500. The molecule has 0 radical (unpaired) electrons. The van der Waals surface area contributed by atoms with E-state index in [9.17, 15) is 0 Å². The van der Waals surface area contributed by atoms with E-state index in [1.807, 2.05) is 26.0 Å². The van der Waals surface area contributed by atoms with Gasteiger partial charge in [-0.1, -0.05) is 18.3 Å². The van der Waals surface area contributed by atoms with E-state index in [-0.39, 0.29) is 0 Å². The van der Waals surface area contributed by atoms with Crippen LogP contribution in [0.25, 0.3) is 10.2 Å². The molecule has 2 aromatic rings. The number of nitrogens with zero attached hydrogens (tertiary/aromatic N) is 1. The number of thiazole rings is 1. The van der Waals surface area contributed by atoms with Crippen molar-refractivity contribution in [3.63, 3.8) is 0 Å². The number of fused-ring (bicyclic) bond motifs is 1. The molecule has 2 rings (SSSR count). The van der Waals surface area contributed by atoms with Gasteiger partial charge in [0.2, 0.25) is 0 Å². The van der Waals surface area contributed by atoms with E-state index in [0.717, 1.165) is 39.8 Å². The van der Waals surface area contributed by atoms with Crippen LogP contribution in [0.1, 0.15) is 27.2 Å². The maximum absolute atomic E-state index is 5.62. The normalized spacial score (nSPS) is 10.7. The standard InChI is InChI=1S/C14H20N2O2S/c1-4-7-15-14-16-10-8-11(17-5-2)12(18-6-3)9-13(10)19-14/h8-9H,4-7H2,1-3H3,(H,15,16). The van der Waals surface area contributed by atoms with Gasteiger partial charge in [0.15, 0.2) is 16.6 Å². The van der Waals surface area contributed by atoms with E-state index in [1.165, 1.54) is 0 Å². The van der Waals surface area contributed by atoms with Crippen LogP contribution in [0.4, 0.5) is 5.13 Å². The highest BCUT2D eigenvalue weighted by Crippen LogP contribution is 2.36. The van der Waals surface area contributed by atoms with Crippen molar-refractivity contribution in [3.05, 3.63) is 12.1 Å². The van der Waals surface area contributed by atoms with Crippen LogP contribution >= 0.6 is 11.3 Å². The Labute approximate surface area is 117 Å². The van der Waals surface area contributed by atoms with Gasteiger partial charge in [-0.15, -0.1) is 0 Å². The zero-order valence-corrected chi connectivity index (χ0v) is 12.5. The van der Waals surface area contributed by atoms with Gasteiger partial charge in [0.1, 0.15) is 0 Å². The van der Waals surface area contributed by atoms with Crippen molar-refractivity contribution in [2.45, 2.75) is 27.2 Å². The molecule has 0 saturated carbocycles. The minimum absolute atomic E-state index is 0.622. The van der Waals surface area contributed by atoms with E-state index in [1.54, 1.807) is 11.3 Å². The number of ether oxygens (including phenoxy) is 2. The molecule has 1 aromatic heterocycles. The van der Waals surface area contributed by atoms with Crippen LogP contribution < -0.4 is 14.8 Å². The number of rotatable bonds is 7. The predicted molar refractivity (Wildman–Crippen MR) is 80.7 cm³/mol. The average molecular weight is 280 g/mol. The first-order valence-corrected chi connectivity index (χ1v) is 7.54. The summed E-state index contributed by atoms with van der Waals surface area (Å²) in [5.74, 6) is 1.56. The summed E-state index contributed by atoms with van der Waals surface area (Å²) in [7, 11) is 0. The van der Waals surface area contributed by atoms with E-state index in [2.05, 4.69) is 17.2 Å². The molecule has 0 amide bonds. The maximum Gasteiger partial charge on any atom is 0.183 e. The lowest BCUT2D eigenvalue weighted by Crippen LogP contribution is -1.98. The zero-order chi connectivity index (χ0) is 13.7.